The largest absolute Gasteiger partial charge is 0.490 e. The van der Waals surface area contributed by atoms with Crippen molar-refractivity contribution in [3.63, 3.8) is 0 Å². The summed E-state index contributed by atoms with van der Waals surface area (Å²) in [6.07, 6.45) is -3.40. The molecule has 4 rings (SSSR count). The third-order valence-electron chi connectivity index (χ3n) is 5.08. The predicted octanol–water partition coefficient (Wildman–Crippen LogP) is 3.11. The van der Waals surface area contributed by atoms with Crippen molar-refractivity contribution in [3.8, 4) is 23.0 Å². The lowest BCUT2D eigenvalue weighted by atomic mass is 10.00. The van der Waals surface area contributed by atoms with Crippen molar-refractivity contribution in [1.82, 2.24) is 14.9 Å². The Morgan fingerprint density at radius 2 is 1.91 bits per heavy atom. The highest BCUT2D eigenvalue weighted by molar-refractivity contribution is 6.35. The molecule has 0 radical (unpaired) electrons. The number of carbonyl (C=O) groups excluding carboxylic acids is 1. The Morgan fingerprint density at radius 3 is 2.51 bits per heavy atom. The Hall–Kier alpha value is -3.88. The van der Waals surface area contributed by atoms with E-state index in [0.717, 1.165) is 11.1 Å². The topological polar surface area (TPSA) is 130 Å². The lowest BCUT2D eigenvalue weighted by Crippen LogP contribution is -2.37. The number of carbonyl (C=O) groups is 2. The second kappa shape index (κ2) is 9.77. The number of carboxylic acids is 1. The molecular formula is C23H18ClF3N4O4. The number of nitrogen functional groups attached to an aromatic ring is 1. The number of halogens is 4. The average molecular weight is 507 g/mol. The van der Waals surface area contributed by atoms with Gasteiger partial charge in [-0.1, -0.05) is 35.6 Å². The molecule has 0 unspecified atom stereocenters. The summed E-state index contributed by atoms with van der Waals surface area (Å²) in [6.45, 7) is 0.489. The molecular weight excluding hydrogens is 489 g/mol. The number of carboxylic acid groups (broad SMARTS) is 1. The highest BCUT2D eigenvalue weighted by Gasteiger charge is 2.42. The Morgan fingerprint density at radius 1 is 1.23 bits per heavy atom. The van der Waals surface area contributed by atoms with Gasteiger partial charge in [0.05, 0.1) is 10.5 Å². The van der Waals surface area contributed by atoms with E-state index in [2.05, 4.69) is 21.8 Å². The van der Waals surface area contributed by atoms with Crippen LogP contribution in [0.1, 0.15) is 12.0 Å². The molecule has 1 amide bonds. The summed E-state index contributed by atoms with van der Waals surface area (Å²) in [5, 5.41) is 18.7. The molecule has 182 valence electrons. The third-order valence-corrected chi connectivity index (χ3v) is 5.37. The van der Waals surface area contributed by atoms with Crippen LogP contribution in [0.5, 0.6) is 0 Å². The molecule has 1 aromatic heterocycles. The zero-order chi connectivity index (χ0) is 26.0. The number of aliphatic carboxylic acids is 1. The van der Waals surface area contributed by atoms with Crippen molar-refractivity contribution in [2.45, 2.75) is 18.2 Å². The molecule has 12 heteroatoms. The Kier molecular flexibility index (Phi) is 7.19. The van der Waals surface area contributed by atoms with E-state index in [1.807, 2.05) is 36.4 Å². The van der Waals surface area contributed by atoms with Crippen LogP contribution >= 0.6 is 11.6 Å². The molecule has 8 nitrogen and oxygen atoms in total. The number of anilines is 1. The number of fused-ring (bicyclic) bond motifs is 1. The number of alkyl halides is 3. The van der Waals surface area contributed by atoms with Gasteiger partial charge in [-0.3, -0.25) is 4.79 Å². The van der Waals surface area contributed by atoms with Gasteiger partial charge in [-0.15, -0.1) is 0 Å². The summed E-state index contributed by atoms with van der Waals surface area (Å²) >= 11 is 6.37. The van der Waals surface area contributed by atoms with Gasteiger partial charge in [0.2, 0.25) is 5.60 Å². The van der Waals surface area contributed by atoms with Crippen molar-refractivity contribution in [2.75, 3.05) is 19.3 Å². The molecule has 1 atom stereocenters. The van der Waals surface area contributed by atoms with E-state index >= 15 is 0 Å². The molecule has 2 aromatic carbocycles. The maximum atomic E-state index is 12.1. The van der Waals surface area contributed by atoms with Crippen LogP contribution in [0.25, 0.3) is 22.0 Å². The number of hydrogen-bond donors (Lipinski definition) is 3. The number of nitrogens with two attached hydrogens (primary N) is 1. The average Bonchev–Trinajstić information content (AvgIpc) is 3.06. The van der Waals surface area contributed by atoms with Crippen LogP contribution in [0.3, 0.4) is 0 Å². The molecule has 1 aliphatic rings. The van der Waals surface area contributed by atoms with E-state index in [1.165, 1.54) is 11.2 Å². The van der Waals surface area contributed by atoms with Gasteiger partial charge in [-0.05, 0) is 35.4 Å². The zero-order valence-electron chi connectivity index (χ0n) is 18.1. The fourth-order valence-corrected chi connectivity index (χ4v) is 3.50. The molecule has 0 spiro atoms. The van der Waals surface area contributed by atoms with Crippen molar-refractivity contribution in [3.05, 3.63) is 53.3 Å². The summed E-state index contributed by atoms with van der Waals surface area (Å²) < 4.78 is 31.7. The van der Waals surface area contributed by atoms with Gasteiger partial charge in [0.1, 0.15) is 12.1 Å². The molecule has 3 aromatic rings. The summed E-state index contributed by atoms with van der Waals surface area (Å²) in [4.78, 5) is 30.6. The molecule has 4 N–H and O–H groups in total. The lowest BCUT2D eigenvalue weighted by molar-refractivity contribution is -0.192. The molecule has 1 aliphatic heterocycles. The minimum Gasteiger partial charge on any atom is -0.475 e. The number of amides is 1. The van der Waals surface area contributed by atoms with E-state index < -0.39 is 17.7 Å². The number of rotatable bonds is 1. The second-order valence-corrected chi connectivity index (χ2v) is 7.99. The van der Waals surface area contributed by atoms with Crippen molar-refractivity contribution in [2.24, 2.45) is 0 Å². The fourth-order valence-electron chi connectivity index (χ4n) is 3.23. The first-order valence-electron chi connectivity index (χ1n) is 9.93. The molecule has 0 aliphatic carbocycles. The van der Waals surface area contributed by atoms with Crippen LogP contribution in [0.4, 0.5) is 19.0 Å². The van der Waals surface area contributed by atoms with E-state index in [-0.39, 0.29) is 5.91 Å². The van der Waals surface area contributed by atoms with Crippen LogP contribution in [0, 0.1) is 11.8 Å². The molecule has 0 saturated carbocycles. The Bertz CT molecular complexity index is 1370. The number of aromatic nitrogens is 2. The number of benzene rings is 2. The highest BCUT2D eigenvalue weighted by atomic mass is 35.5. The standard InChI is InChI=1S/C21H17ClN4O2.C2HF3O2/c1-26-8-7-21(28,20(26)27)6-5-13-3-2-4-14(9-13)15-10-16-18(17(22)11-15)24-12-25-19(16)23;3-2(4,5)1(6)7/h2-4,9-12,28H,7-8H2,1H3,(H2,23,24,25);(H,6,7)/t21-;/m0./s1. The Labute approximate surface area is 202 Å². The number of likely N-dealkylation sites (N-methyl/N-ethyl adjacent to an activating group) is 1. The monoisotopic (exact) mass is 506 g/mol. The van der Waals surface area contributed by atoms with E-state index in [1.54, 1.807) is 7.05 Å². The van der Waals surface area contributed by atoms with Gasteiger partial charge in [-0.25, -0.2) is 14.8 Å². The van der Waals surface area contributed by atoms with Crippen molar-refractivity contribution >= 4 is 40.2 Å². The van der Waals surface area contributed by atoms with Crippen molar-refractivity contribution in [1.29, 1.82) is 0 Å². The first-order chi connectivity index (χ1) is 16.3. The van der Waals surface area contributed by atoms with Crippen molar-refractivity contribution < 1.29 is 33.0 Å². The minimum absolute atomic E-state index is 0.300. The smallest absolute Gasteiger partial charge is 0.475 e. The molecule has 1 fully saturated rings. The van der Waals surface area contributed by atoms with Crippen LogP contribution in [-0.2, 0) is 9.59 Å². The van der Waals surface area contributed by atoms with Gasteiger partial charge >= 0.3 is 12.1 Å². The van der Waals surface area contributed by atoms with Crippen LogP contribution < -0.4 is 5.73 Å². The summed E-state index contributed by atoms with van der Waals surface area (Å²) in [5.41, 5.74) is 7.34. The van der Waals surface area contributed by atoms with E-state index in [9.17, 15) is 23.1 Å². The first-order valence-corrected chi connectivity index (χ1v) is 10.3. The summed E-state index contributed by atoms with van der Waals surface area (Å²) in [5.74, 6) is 2.89. The maximum absolute atomic E-state index is 12.1. The maximum Gasteiger partial charge on any atom is 0.490 e. The predicted molar refractivity (Wildman–Crippen MR) is 122 cm³/mol. The van der Waals surface area contributed by atoms with Crippen LogP contribution in [-0.4, -0.2) is 62.3 Å². The highest BCUT2D eigenvalue weighted by Crippen LogP contribution is 2.32. The zero-order valence-corrected chi connectivity index (χ0v) is 18.9. The SMILES string of the molecule is CN1CC[C@@](O)(C#Cc2cccc(-c3cc(Cl)c4ncnc(N)c4c3)c2)C1=O.O=C(O)C(F)(F)F. The number of aliphatic hydroxyl groups is 1. The first kappa shape index (κ1) is 25.7. The molecule has 0 bridgehead atoms. The molecule has 1 saturated heterocycles. The second-order valence-electron chi connectivity index (χ2n) is 7.58. The summed E-state index contributed by atoms with van der Waals surface area (Å²) in [7, 11) is 1.65. The van der Waals surface area contributed by atoms with E-state index in [0.29, 0.717) is 40.3 Å². The van der Waals surface area contributed by atoms with Gasteiger partial charge < -0.3 is 20.8 Å². The molecule has 35 heavy (non-hydrogen) atoms. The lowest BCUT2D eigenvalue weighted by Gasteiger charge is -2.13. The summed E-state index contributed by atoms with van der Waals surface area (Å²) in [6, 6.07) is 11.2. The fraction of sp³-hybridized carbons (Fsp3) is 0.217. The third kappa shape index (κ3) is 5.79. The van der Waals surface area contributed by atoms with Gasteiger partial charge in [-0.2, -0.15) is 13.2 Å². The van der Waals surface area contributed by atoms with E-state index in [4.69, 9.17) is 27.2 Å². The minimum atomic E-state index is -5.08. The van der Waals surface area contributed by atoms with Gasteiger partial charge in [0.25, 0.3) is 5.91 Å². The quantitative estimate of drug-likeness (QED) is 0.432. The Balaban J connectivity index is 0.000000429. The van der Waals surface area contributed by atoms with Crippen LogP contribution in [0.15, 0.2) is 42.7 Å². The number of hydrogen-bond acceptors (Lipinski definition) is 6. The molecule has 2 heterocycles. The van der Waals surface area contributed by atoms with Gasteiger partial charge in [0, 0.05) is 31.0 Å². The normalized spacial score (nSPS) is 17.4. The van der Waals surface area contributed by atoms with Gasteiger partial charge in [0.15, 0.2) is 0 Å². The number of nitrogens with zero attached hydrogens (tertiary/aromatic N) is 3. The number of likely N-dealkylation sites (tertiary alicyclic amines) is 1. The van der Waals surface area contributed by atoms with Crippen LogP contribution in [0.2, 0.25) is 5.02 Å².